The second kappa shape index (κ2) is 17.7. The van der Waals surface area contributed by atoms with Crippen LogP contribution in [0.25, 0.3) is 0 Å². The number of hydrogen-bond acceptors (Lipinski definition) is 3. The molecular weight excluding hydrogens is 292 g/mol. The highest BCUT2D eigenvalue weighted by Gasteiger charge is 2.04. The van der Waals surface area contributed by atoms with Gasteiger partial charge in [0.15, 0.2) is 0 Å². The van der Waals surface area contributed by atoms with E-state index in [2.05, 4.69) is 0 Å². The average Bonchev–Trinajstić information content (AvgIpc) is 2.52. The van der Waals surface area contributed by atoms with E-state index in [4.69, 9.17) is 10.2 Å². The molecule has 3 N–H and O–H groups in total. The van der Waals surface area contributed by atoms with Crippen LogP contribution in [0.15, 0.2) is 0 Å². The molecule has 4 nitrogen and oxygen atoms in total. The first-order valence-corrected chi connectivity index (χ1v) is 9.67. The van der Waals surface area contributed by atoms with Gasteiger partial charge in [0.1, 0.15) is 0 Å². The Labute approximate surface area is 142 Å². The lowest BCUT2D eigenvalue weighted by molar-refractivity contribution is -0.137. The van der Waals surface area contributed by atoms with E-state index in [-0.39, 0.29) is 12.5 Å². The topological polar surface area (TPSA) is 77.8 Å². The summed E-state index contributed by atoms with van der Waals surface area (Å²) >= 11 is 0. The maximum atomic E-state index is 10.4. The number of carboxylic acids is 1. The molecule has 0 saturated heterocycles. The molecule has 0 aromatic heterocycles. The molecule has 0 aliphatic carbocycles. The molecule has 0 fully saturated rings. The molecule has 23 heavy (non-hydrogen) atoms. The van der Waals surface area contributed by atoms with Gasteiger partial charge in [0.05, 0.1) is 6.10 Å². The number of rotatable bonds is 18. The van der Waals surface area contributed by atoms with E-state index >= 15 is 0 Å². The van der Waals surface area contributed by atoms with Gasteiger partial charge in [0.25, 0.3) is 0 Å². The maximum Gasteiger partial charge on any atom is 0.303 e. The fourth-order valence-electron chi connectivity index (χ4n) is 2.88. The molecule has 0 spiro atoms. The molecule has 0 aliphatic heterocycles. The summed E-state index contributed by atoms with van der Waals surface area (Å²) in [5.74, 6) is -0.703. The Morgan fingerprint density at radius 3 is 1.48 bits per heavy atom. The molecule has 0 saturated carbocycles. The van der Waals surface area contributed by atoms with E-state index in [1.807, 2.05) is 0 Å². The second-order valence-electron chi connectivity index (χ2n) is 6.69. The highest BCUT2D eigenvalue weighted by atomic mass is 16.4. The monoisotopic (exact) mass is 330 g/mol. The van der Waals surface area contributed by atoms with Crippen LogP contribution in [0, 0.1) is 0 Å². The third kappa shape index (κ3) is 19.3. The van der Waals surface area contributed by atoms with E-state index in [0.717, 1.165) is 64.2 Å². The predicted octanol–water partition coefficient (Wildman–Crippen LogP) is 4.67. The molecule has 1 unspecified atom stereocenters. The molecule has 0 amide bonds. The van der Waals surface area contributed by atoms with Crippen molar-refractivity contribution in [2.75, 3.05) is 6.61 Å². The maximum absolute atomic E-state index is 10.4. The summed E-state index contributed by atoms with van der Waals surface area (Å²) in [5.41, 5.74) is 0. The Bertz CT molecular complexity index is 256. The summed E-state index contributed by atoms with van der Waals surface area (Å²) in [7, 11) is 0. The highest BCUT2D eigenvalue weighted by molar-refractivity contribution is 5.66. The molecule has 4 heteroatoms. The van der Waals surface area contributed by atoms with Crippen molar-refractivity contribution in [3.63, 3.8) is 0 Å². The Hall–Kier alpha value is -0.610. The summed E-state index contributed by atoms with van der Waals surface area (Å²) in [6.45, 7) is 0.320. The number of aliphatic hydroxyl groups excluding tert-OH is 2. The number of carboxylic acid groups (broad SMARTS) is 1. The van der Waals surface area contributed by atoms with Gasteiger partial charge in [0.2, 0.25) is 0 Å². The molecule has 138 valence electrons. The third-order valence-corrected chi connectivity index (χ3v) is 4.37. The zero-order valence-corrected chi connectivity index (χ0v) is 14.8. The fraction of sp³-hybridized carbons (Fsp3) is 0.947. The standard InChI is InChI=1S/C19H38O4/c20-17-13-9-4-2-1-3-6-10-14-18(21)15-11-7-5-8-12-16-19(22)23/h18,20-21H,1-17H2,(H,22,23). The second-order valence-corrected chi connectivity index (χ2v) is 6.69. The average molecular weight is 331 g/mol. The van der Waals surface area contributed by atoms with Gasteiger partial charge in [-0.05, 0) is 25.7 Å². The summed E-state index contributed by atoms with van der Waals surface area (Å²) in [6.07, 6.45) is 16.4. The van der Waals surface area contributed by atoms with Crippen LogP contribution in [-0.4, -0.2) is 34.0 Å². The molecule has 0 aromatic rings. The highest BCUT2D eigenvalue weighted by Crippen LogP contribution is 2.14. The molecule has 0 bridgehead atoms. The van der Waals surface area contributed by atoms with E-state index in [1.54, 1.807) is 0 Å². The summed E-state index contributed by atoms with van der Waals surface area (Å²) < 4.78 is 0. The zero-order valence-electron chi connectivity index (χ0n) is 14.8. The zero-order chi connectivity index (χ0) is 17.2. The molecule has 0 aliphatic rings. The minimum Gasteiger partial charge on any atom is -0.481 e. The Balaban J connectivity index is 3.16. The van der Waals surface area contributed by atoms with Crippen LogP contribution in [0.1, 0.15) is 103 Å². The minimum atomic E-state index is -0.703. The molecule has 1 atom stereocenters. The van der Waals surface area contributed by atoms with Gasteiger partial charge in [0, 0.05) is 13.0 Å². The van der Waals surface area contributed by atoms with E-state index < -0.39 is 5.97 Å². The number of unbranched alkanes of at least 4 members (excludes halogenated alkanes) is 11. The molecule has 0 heterocycles. The predicted molar refractivity (Wildman–Crippen MR) is 94.6 cm³/mol. The Morgan fingerprint density at radius 1 is 0.652 bits per heavy atom. The first kappa shape index (κ1) is 22.4. The van der Waals surface area contributed by atoms with Crippen molar-refractivity contribution < 1.29 is 20.1 Å². The van der Waals surface area contributed by atoms with Crippen molar-refractivity contribution in [3.05, 3.63) is 0 Å². The quantitative estimate of drug-likeness (QED) is 0.319. The van der Waals surface area contributed by atoms with Crippen LogP contribution in [-0.2, 0) is 4.79 Å². The van der Waals surface area contributed by atoms with Crippen LogP contribution in [0.3, 0.4) is 0 Å². The molecular formula is C19H38O4. The first-order chi connectivity index (χ1) is 11.2. The van der Waals surface area contributed by atoms with Crippen molar-refractivity contribution in [3.8, 4) is 0 Å². The van der Waals surface area contributed by atoms with Crippen LogP contribution in [0.2, 0.25) is 0 Å². The van der Waals surface area contributed by atoms with Crippen LogP contribution in [0.5, 0.6) is 0 Å². The third-order valence-electron chi connectivity index (χ3n) is 4.37. The lowest BCUT2D eigenvalue weighted by atomic mass is 10.0. The summed E-state index contributed by atoms with van der Waals surface area (Å²) in [6, 6.07) is 0. The number of aliphatic hydroxyl groups is 2. The van der Waals surface area contributed by atoms with Crippen LogP contribution < -0.4 is 0 Å². The van der Waals surface area contributed by atoms with Gasteiger partial charge >= 0.3 is 5.97 Å². The SMILES string of the molecule is O=C(O)CCCCCCCC(O)CCCCCCCCCCO. The number of aliphatic carboxylic acids is 1. The van der Waals surface area contributed by atoms with Crippen molar-refractivity contribution in [1.29, 1.82) is 0 Å². The van der Waals surface area contributed by atoms with Crippen LogP contribution in [0.4, 0.5) is 0 Å². The molecule has 0 aromatic carbocycles. The van der Waals surface area contributed by atoms with Crippen molar-refractivity contribution >= 4 is 5.97 Å². The van der Waals surface area contributed by atoms with Gasteiger partial charge in [-0.25, -0.2) is 0 Å². The number of hydrogen-bond donors (Lipinski definition) is 3. The van der Waals surface area contributed by atoms with E-state index in [9.17, 15) is 9.90 Å². The normalized spacial score (nSPS) is 12.4. The van der Waals surface area contributed by atoms with E-state index in [0.29, 0.717) is 6.61 Å². The molecule has 0 radical (unpaired) electrons. The fourth-order valence-corrected chi connectivity index (χ4v) is 2.88. The van der Waals surface area contributed by atoms with Crippen LogP contribution >= 0.6 is 0 Å². The minimum absolute atomic E-state index is 0.154. The summed E-state index contributed by atoms with van der Waals surface area (Å²) in [4.78, 5) is 10.4. The van der Waals surface area contributed by atoms with Gasteiger partial charge in [-0.2, -0.15) is 0 Å². The largest absolute Gasteiger partial charge is 0.481 e. The Kier molecular flexibility index (Phi) is 17.3. The van der Waals surface area contributed by atoms with Gasteiger partial charge in [-0.15, -0.1) is 0 Å². The molecule has 0 rings (SSSR count). The first-order valence-electron chi connectivity index (χ1n) is 9.67. The van der Waals surface area contributed by atoms with Gasteiger partial charge < -0.3 is 15.3 Å². The van der Waals surface area contributed by atoms with Gasteiger partial charge in [-0.3, -0.25) is 4.79 Å². The van der Waals surface area contributed by atoms with Crippen molar-refractivity contribution in [2.45, 2.75) is 109 Å². The lowest BCUT2D eigenvalue weighted by Crippen LogP contribution is -2.05. The summed E-state index contributed by atoms with van der Waals surface area (Å²) in [5, 5.41) is 27.1. The lowest BCUT2D eigenvalue weighted by Gasteiger charge is -2.10. The van der Waals surface area contributed by atoms with E-state index in [1.165, 1.54) is 32.1 Å². The number of carbonyl (C=O) groups is 1. The van der Waals surface area contributed by atoms with Crippen molar-refractivity contribution in [1.82, 2.24) is 0 Å². The van der Waals surface area contributed by atoms with Gasteiger partial charge in [-0.1, -0.05) is 70.6 Å². The van der Waals surface area contributed by atoms with Crippen molar-refractivity contribution in [2.24, 2.45) is 0 Å². The Morgan fingerprint density at radius 2 is 1.04 bits per heavy atom. The smallest absolute Gasteiger partial charge is 0.303 e.